The van der Waals surface area contributed by atoms with Gasteiger partial charge in [0.2, 0.25) is 0 Å². The third-order valence-electron chi connectivity index (χ3n) is 7.65. The second-order valence-corrected chi connectivity index (χ2v) is 10.6. The molecule has 0 saturated carbocycles. The second kappa shape index (κ2) is 13.8. The van der Waals surface area contributed by atoms with Gasteiger partial charge >= 0.3 is 0 Å². The van der Waals surface area contributed by atoms with Crippen molar-refractivity contribution in [2.75, 3.05) is 32.8 Å². The Hall–Kier alpha value is -2.37. The summed E-state index contributed by atoms with van der Waals surface area (Å²) in [6.45, 7) is 18.5. The Bertz CT molecular complexity index is 982. The van der Waals surface area contributed by atoms with E-state index < -0.39 is 0 Å². The number of allylic oxidation sites excluding steroid dienone is 4. The average molecular weight is 494 g/mol. The Morgan fingerprint density at radius 3 is 2.58 bits per heavy atom. The molecule has 2 aliphatic heterocycles. The zero-order chi connectivity index (χ0) is 26.1. The van der Waals surface area contributed by atoms with E-state index in [1.807, 2.05) is 20.1 Å². The third kappa shape index (κ3) is 8.35. The van der Waals surface area contributed by atoms with Crippen LogP contribution < -0.4 is 4.74 Å². The van der Waals surface area contributed by atoms with Crippen LogP contribution in [0.4, 0.5) is 0 Å². The van der Waals surface area contributed by atoms with Gasteiger partial charge in [-0.15, -0.1) is 0 Å². The molecule has 0 aromatic heterocycles. The van der Waals surface area contributed by atoms with Crippen LogP contribution in [0.25, 0.3) is 0 Å². The Morgan fingerprint density at radius 1 is 1.14 bits per heavy atom. The van der Waals surface area contributed by atoms with Gasteiger partial charge in [-0.25, -0.2) is 4.99 Å². The Balaban J connectivity index is 1.59. The molecule has 2 aliphatic rings. The molecule has 2 heterocycles. The quantitative estimate of drug-likeness (QED) is 0.297. The van der Waals surface area contributed by atoms with E-state index in [2.05, 4.69) is 67.8 Å². The van der Waals surface area contributed by atoms with Gasteiger partial charge in [-0.3, -0.25) is 4.90 Å². The zero-order valence-corrected chi connectivity index (χ0v) is 23.4. The summed E-state index contributed by atoms with van der Waals surface area (Å²) in [5, 5.41) is 9.66. The van der Waals surface area contributed by atoms with E-state index in [1.54, 1.807) is 0 Å². The van der Waals surface area contributed by atoms with Crippen molar-refractivity contribution in [3.63, 3.8) is 0 Å². The molecule has 1 N–H and O–H groups in total. The van der Waals surface area contributed by atoms with Gasteiger partial charge in [0.25, 0.3) is 0 Å². The molecule has 1 fully saturated rings. The number of piperazine rings is 1. The molecule has 2 unspecified atom stereocenters. The first-order chi connectivity index (χ1) is 17.3. The van der Waals surface area contributed by atoms with Gasteiger partial charge in [-0.05, 0) is 87.3 Å². The fraction of sp³-hybridized carbons (Fsp3) is 0.581. The monoisotopic (exact) mass is 493 g/mol. The largest absolute Gasteiger partial charge is 0.493 e. The molecule has 1 saturated heterocycles. The minimum atomic E-state index is -0.368. The van der Waals surface area contributed by atoms with Gasteiger partial charge in [-0.1, -0.05) is 37.6 Å². The minimum Gasteiger partial charge on any atom is -0.493 e. The van der Waals surface area contributed by atoms with Crippen molar-refractivity contribution in [2.45, 2.75) is 79.9 Å². The van der Waals surface area contributed by atoms with Crippen molar-refractivity contribution in [1.29, 1.82) is 0 Å². The van der Waals surface area contributed by atoms with E-state index >= 15 is 0 Å². The van der Waals surface area contributed by atoms with E-state index in [0.717, 1.165) is 82.2 Å². The lowest BCUT2D eigenvalue weighted by atomic mass is 10.0. The van der Waals surface area contributed by atoms with Gasteiger partial charge in [0.1, 0.15) is 11.6 Å². The molecule has 0 amide bonds. The smallest absolute Gasteiger partial charge is 0.124 e. The van der Waals surface area contributed by atoms with Crippen LogP contribution in [-0.4, -0.2) is 60.0 Å². The molecule has 5 heteroatoms. The lowest BCUT2D eigenvalue weighted by molar-refractivity contribution is 0.151. The summed E-state index contributed by atoms with van der Waals surface area (Å²) >= 11 is 0. The molecule has 2 atom stereocenters. The number of ether oxygens (including phenoxy) is 1. The number of nitrogens with zero attached hydrogens (tertiary/aromatic N) is 3. The maximum atomic E-state index is 9.66. The number of benzene rings is 1. The predicted octanol–water partition coefficient (Wildman–Crippen LogP) is 6.14. The van der Waals surface area contributed by atoms with Crippen molar-refractivity contribution < 1.29 is 9.84 Å². The van der Waals surface area contributed by atoms with Crippen LogP contribution in [0.3, 0.4) is 0 Å². The van der Waals surface area contributed by atoms with E-state index in [0.29, 0.717) is 5.92 Å². The molecule has 1 aromatic carbocycles. The average Bonchev–Trinajstić information content (AvgIpc) is 3.34. The summed E-state index contributed by atoms with van der Waals surface area (Å²) in [4.78, 5) is 9.97. The molecule has 198 valence electrons. The summed E-state index contributed by atoms with van der Waals surface area (Å²) in [5.74, 6) is 2.68. The highest BCUT2D eigenvalue weighted by Gasteiger charge is 2.20. The van der Waals surface area contributed by atoms with Gasteiger partial charge in [0.05, 0.1) is 12.7 Å². The number of aliphatic hydroxyl groups excluding tert-OH is 1. The van der Waals surface area contributed by atoms with Crippen LogP contribution in [0, 0.1) is 5.92 Å². The molecule has 1 aromatic rings. The number of aliphatic imine (C=N–C) groups is 1. The summed E-state index contributed by atoms with van der Waals surface area (Å²) in [6.07, 6.45) is 10.2. The third-order valence-corrected chi connectivity index (χ3v) is 7.65. The lowest BCUT2D eigenvalue weighted by Crippen LogP contribution is -2.45. The van der Waals surface area contributed by atoms with E-state index in [9.17, 15) is 5.11 Å². The van der Waals surface area contributed by atoms with Gasteiger partial charge in [0, 0.05) is 45.4 Å². The van der Waals surface area contributed by atoms with Crippen molar-refractivity contribution in [2.24, 2.45) is 10.9 Å². The van der Waals surface area contributed by atoms with E-state index in [-0.39, 0.29) is 6.10 Å². The van der Waals surface area contributed by atoms with Gasteiger partial charge < -0.3 is 14.7 Å². The van der Waals surface area contributed by atoms with Gasteiger partial charge in [0.15, 0.2) is 0 Å². The predicted molar refractivity (Wildman–Crippen MR) is 152 cm³/mol. The first-order valence-corrected chi connectivity index (χ1v) is 13.8. The summed E-state index contributed by atoms with van der Waals surface area (Å²) in [5.41, 5.74) is 6.29. The Kier molecular flexibility index (Phi) is 10.8. The van der Waals surface area contributed by atoms with Crippen molar-refractivity contribution in [3.8, 4) is 5.75 Å². The van der Waals surface area contributed by atoms with Gasteiger partial charge in [-0.2, -0.15) is 0 Å². The standard InChI is InChI=1S/C31H47N3O2/c1-7-23(2)19-31(32-21-26(5)24(3)9-8-10-25(4)27(6)35)34-16-14-33(15-17-34)22-28-11-12-29-13-18-36-30(29)20-28/h10-12,19-21,23,27,35H,7-9,13-18,22H2,1-6H3/b25-10+,26-24+,31-19+,32-21-. The molecule has 0 radical (unpaired) electrons. The van der Waals surface area contributed by atoms with Crippen LogP contribution in [0.1, 0.15) is 71.9 Å². The summed E-state index contributed by atoms with van der Waals surface area (Å²) in [6, 6.07) is 6.72. The first-order valence-electron chi connectivity index (χ1n) is 13.8. The van der Waals surface area contributed by atoms with Crippen molar-refractivity contribution in [3.05, 3.63) is 64.0 Å². The van der Waals surface area contributed by atoms with Crippen molar-refractivity contribution >= 4 is 6.21 Å². The number of hydrogen-bond donors (Lipinski definition) is 1. The molecule has 36 heavy (non-hydrogen) atoms. The molecule has 3 rings (SSSR count). The molecule has 0 bridgehead atoms. The Morgan fingerprint density at radius 2 is 1.89 bits per heavy atom. The number of hydrogen-bond acceptors (Lipinski definition) is 5. The topological polar surface area (TPSA) is 48.3 Å². The highest BCUT2D eigenvalue weighted by atomic mass is 16.5. The molecule has 0 spiro atoms. The number of rotatable bonds is 11. The fourth-order valence-corrected chi connectivity index (χ4v) is 4.46. The molecular weight excluding hydrogens is 446 g/mol. The van der Waals surface area contributed by atoms with Crippen LogP contribution in [0.5, 0.6) is 5.75 Å². The van der Waals surface area contributed by atoms with Crippen molar-refractivity contribution in [1.82, 2.24) is 9.80 Å². The number of fused-ring (bicyclic) bond motifs is 1. The number of aliphatic hydroxyl groups is 1. The molecule has 5 nitrogen and oxygen atoms in total. The maximum Gasteiger partial charge on any atom is 0.124 e. The minimum absolute atomic E-state index is 0.368. The zero-order valence-electron chi connectivity index (χ0n) is 23.4. The van der Waals surface area contributed by atoms with Crippen LogP contribution in [0.2, 0.25) is 0 Å². The molecule has 0 aliphatic carbocycles. The normalized spacial score (nSPS) is 19.8. The van der Waals surface area contributed by atoms with Crippen LogP contribution in [-0.2, 0) is 13.0 Å². The van der Waals surface area contributed by atoms with Crippen LogP contribution in [0.15, 0.2) is 57.9 Å². The SMILES string of the molecule is CCC(C)\C=C(/N=C\C(C)=C(/C)CC/C=C(\C)C(C)O)N1CCN(Cc2ccc3c(c2)OCC3)CC1. The first kappa shape index (κ1) is 28.2. The summed E-state index contributed by atoms with van der Waals surface area (Å²) < 4.78 is 5.76. The second-order valence-electron chi connectivity index (χ2n) is 10.6. The fourth-order valence-electron chi connectivity index (χ4n) is 4.46. The maximum absolute atomic E-state index is 9.66. The Labute approximate surface area is 219 Å². The van der Waals surface area contributed by atoms with E-state index in [1.165, 1.54) is 22.3 Å². The summed E-state index contributed by atoms with van der Waals surface area (Å²) in [7, 11) is 0. The highest BCUT2D eigenvalue weighted by molar-refractivity contribution is 5.79. The lowest BCUT2D eigenvalue weighted by Gasteiger charge is -2.36. The molecular formula is C31H47N3O2. The van der Waals surface area contributed by atoms with E-state index in [4.69, 9.17) is 9.73 Å². The van der Waals surface area contributed by atoms with Crippen LogP contribution >= 0.6 is 0 Å². The highest BCUT2D eigenvalue weighted by Crippen LogP contribution is 2.27.